The summed E-state index contributed by atoms with van der Waals surface area (Å²) in [6.45, 7) is 0.703. The summed E-state index contributed by atoms with van der Waals surface area (Å²) in [4.78, 5) is 8.88. The minimum Gasteiger partial charge on any atom is -0.497 e. The van der Waals surface area contributed by atoms with E-state index in [1.54, 1.807) is 18.8 Å². The van der Waals surface area contributed by atoms with Gasteiger partial charge in [-0.05, 0) is 59.4 Å². The zero-order valence-electron chi connectivity index (χ0n) is 25.1. The molecule has 10 heteroatoms. The van der Waals surface area contributed by atoms with E-state index in [4.69, 9.17) is 18.9 Å². The van der Waals surface area contributed by atoms with Crippen LogP contribution < -0.4 is 14.8 Å². The summed E-state index contributed by atoms with van der Waals surface area (Å²) in [5, 5.41) is 15.4. The molecule has 2 aliphatic rings. The number of aliphatic hydroxyl groups is 1. The van der Waals surface area contributed by atoms with Crippen LogP contribution in [0.25, 0.3) is 11.0 Å². The molecule has 0 amide bonds. The number of methoxy groups -OCH3 is 2. The maximum atomic E-state index is 16.0. The van der Waals surface area contributed by atoms with Crippen molar-refractivity contribution < 1.29 is 28.4 Å². The molecule has 4 atom stereocenters. The fourth-order valence-corrected chi connectivity index (χ4v) is 6.51. The van der Waals surface area contributed by atoms with Gasteiger partial charge in [-0.1, -0.05) is 54.6 Å². The number of nitrogens with one attached hydrogen (secondary N) is 1. The lowest BCUT2D eigenvalue weighted by Crippen LogP contribution is -2.39. The van der Waals surface area contributed by atoms with Gasteiger partial charge >= 0.3 is 0 Å². The smallest absolute Gasteiger partial charge is 0.173 e. The van der Waals surface area contributed by atoms with Gasteiger partial charge in [-0.3, -0.25) is 0 Å². The van der Waals surface area contributed by atoms with Crippen LogP contribution in [0.3, 0.4) is 0 Å². The van der Waals surface area contributed by atoms with Crippen LogP contribution in [0.2, 0.25) is 0 Å². The Morgan fingerprint density at radius 1 is 0.933 bits per heavy atom. The third kappa shape index (κ3) is 5.08. The Morgan fingerprint density at radius 3 is 2.22 bits per heavy atom. The lowest BCUT2D eigenvalue weighted by molar-refractivity contribution is -0.0935. The number of hydrogen-bond donors (Lipinski definition) is 2. The number of ether oxygens (including phenoxy) is 4. The van der Waals surface area contributed by atoms with E-state index in [-0.39, 0.29) is 6.61 Å². The summed E-state index contributed by atoms with van der Waals surface area (Å²) in [6.07, 6.45) is -0.110. The van der Waals surface area contributed by atoms with Crippen molar-refractivity contribution in [3.8, 4) is 11.5 Å². The second-order valence-electron chi connectivity index (χ2n) is 11.3. The summed E-state index contributed by atoms with van der Waals surface area (Å²) in [7, 11) is 3.24. The van der Waals surface area contributed by atoms with Crippen LogP contribution in [0.4, 0.5) is 10.2 Å². The molecule has 232 valence electrons. The van der Waals surface area contributed by atoms with Gasteiger partial charge in [0.1, 0.15) is 47.1 Å². The molecule has 45 heavy (non-hydrogen) atoms. The largest absolute Gasteiger partial charge is 0.497 e. The van der Waals surface area contributed by atoms with Crippen molar-refractivity contribution in [2.75, 3.05) is 32.7 Å². The number of hydrogen-bond acceptors (Lipinski definition) is 8. The molecule has 0 spiro atoms. The number of nitrogens with zero attached hydrogens (tertiary/aromatic N) is 3. The van der Waals surface area contributed by atoms with Crippen LogP contribution in [0.1, 0.15) is 34.9 Å². The van der Waals surface area contributed by atoms with Crippen LogP contribution >= 0.6 is 0 Å². The number of alkyl halides is 1. The summed E-state index contributed by atoms with van der Waals surface area (Å²) in [5.41, 5.74) is 2.97. The second kappa shape index (κ2) is 12.1. The van der Waals surface area contributed by atoms with Gasteiger partial charge in [-0.25, -0.2) is 14.4 Å². The van der Waals surface area contributed by atoms with Gasteiger partial charge in [-0.2, -0.15) is 0 Å². The first-order valence-electron chi connectivity index (χ1n) is 15.1. The predicted molar refractivity (Wildman–Crippen MR) is 167 cm³/mol. The highest BCUT2D eigenvalue weighted by Crippen LogP contribution is 2.44. The number of aromatic nitrogens is 3. The highest BCUT2D eigenvalue weighted by Gasteiger charge is 2.48. The summed E-state index contributed by atoms with van der Waals surface area (Å²) < 4.78 is 41.7. The maximum absolute atomic E-state index is 16.0. The predicted octanol–water partition coefficient (Wildman–Crippen LogP) is 5.41. The standard InChI is InChI=1S/C35H35FN4O5/c1-42-26-14-10-24(11-15-26)35(23-8-4-3-5-9-23,25-12-16-27(43-2)17-13-25)44-20-28-31(41)30(36)34(45-28)40-19-22-7-6-18-37-32-29(22)33(40)39-21-38-32/h3-5,8-17,19,21,28,30-31,34,41H,6-7,18,20H2,1-2H3,(H,37,38,39)/t28-,30-,31-,34-/m1/s1. The first-order chi connectivity index (χ1) is 22.0. The van der Waals surface area contributed by atoms with Gasteiger partial charge in [0.05, 0.1) is 26.2 Å². The molecule has 0 saturated carbocycles. The number of halogens is 1. The van der Waals surface area contributed by atoms with E-state index in [9.17, 15) is 5.11 Å². The quantitative estimate of drug-likeness (QED) is 0.214. The van der Waals surface area contributed by atoms with Gasteiger partial charge in [0.25, 0.3) is 0 Å². The molecule has 1 fully saturated rings. The van der Waals surface area contributed by atoms with Crippen molar-refractivity contribution in [2.24, 2.45) is 0 Å². The van der Waals surface area contributed by atoms with E-state index in [1.165, 1.54) is 6.33 Å². The third-order valence-electron chi connectivity index (χ3n) is 8.81. The fraction of sp³-hybridized carbons (Fsp3) is 0.314. The van der Waals surface area contributed by atoms with E-state index in [0.29, 0.717) is 17.1 Å². The molecule has 2 N–H and O–H groups in total. The zero-order valence-corrected chi connectivity index (χ0v) is 25.1. The molecule has 4 heterocycles. The van der Waals surface area contributed by atoms with Crippen molar-refractivity contribution in [1.29, 1.82) is 0 Å². The fourth-order valence-electron chi connectivity index (χ4n) is 6.51. The van der Waals surface area contributed by atoms with Gasteiger partial charge < -0.3 is 33.9 Å². The van der Waals surface area contributed by atoms with Gasteiger partial charge in [-0.15, -0.1) is 0 Å². The van der Waals surface area contributed by atoms with E-state index < -0.39 is 30.2 Å². The van der Waals surface area contributed by atoms with Crippen LogP contribution in [0.15, 0.2) is 91.4 Å². The van der Waals surface area contributed by atoms with E-state index in [0.717, 1.165) is 52.8 Å². The SMILES string of the molecule is COc1ccc(C(OC[C@H]2O[C@@H](n3cc4c5c(ncnc53)NCCC4)[C@H](F)[C@@H]2O)(c2ccccc2)c2ccc(OC)cc2)cc1. The molecule has 1 saturated heterocycles. The van der Waals surface area contributed by atoms with Crippen LogP contribution in [-0.4, -0.2) is 65.4 Å². The molecular weight excluding hydrogens is 575 g/mol. The maximum Gasteiger partial charge on any atom is 0.173 e. The van der Waals surface area contributed by atoms with E-state index >= 15 is 4.39 Å². The van der Waals surface area contributed by atoms with Crippen molar-refractivity contribution in [3.05, 3.63) is 114 Å². The summed E-state index contributed by atoms with van der Waals surface area (Å²) in [5.74, 6) is 2.13. The summed E-state index contributed by atoms with van der Waals surface area (Å²) in [6, 6.07) is 25.1. The molecule has 0 bridgehead atoms. The van der Waals surface area contributed by atoms with Gasteiger partial charge in [0, 0.05) is 12.7 Å². The Morgan fingerprint density at radius 2 is 1.58 bits per heavy atom. The lowest BCUT2D eigenvalue weighted by Gasteiger charge is -2.37. The van der Waals surface area contributed by atoms with Crippen molar-refractivity contribution in [3.63, 3.8) is 0 Å². The Hall–Kier alpha value is -4.51. The summed E-state index contributed by atoms with van der Waals surface area (Å²) >= 11 is 0. The molecule has 5 aromatic rings. The first kappa shape index (κ1) is 29.2. The highest BCUT2D eigenvalue weighted by atomic mass is 19.1. The average molecular weight is 611 g/mol. The Labute approximate surface area is 260 Å². The zero-order chi connectivity index (χ0) is 31.0. The number of rotatable bonds is 9. The molecule has 2 aliphatic heterocycles. The normalized spacial score (nSPS) is 21.3. The Bertz CT molecular complexity index is 1720. The van der Waals surface area contributed by atoms with Crippen molar-refractivity contribution in [2.45, 2.75) is 43.1 Å². The van der Waals surface area contributed by atoms with E-state index in [2.05, 4.69) is 15.3 Å². The molecular formula is C35H35FN4O5. The molecule has 3 aromatic carbocycles. The van der Waals surface area contributed by atoms with Crippen LogP contribution in [0, 0.1) is 0 Å². The second-order valence-corrected chi connectivity index (χ2v) is 11.3. The minimum atomic E-state index is -1.70. The lowest BCUT2D eigenvalue weighted by atomic mass is 9.80. The first-order valence-corrected chi connectivity index (χ1v) is 15.1. The Kier molecular flexibility index (Phi) is 7.87. The molecule has 0 radical (unpaired) electrons. The molecule has 7 rings (SSSR count). The molecule has 2 aromatic heterocycles. The van der Waals surface area contributed by atoms with Crippen molar-refractivity contribution in [1.82, 2.24) is 14.5 Å². The van der Waals surface area contributed by atoms with Crippen molar-refractivity contribution >= 4 is 16.9 Å². The van der Waals surface area contributed by atoms with Gasteiger partial charge in [0.15, 0.2) is 12.4 Å². The van der Waals surface area contributed by atoms with Crippen LogP contribution in [-0.2, 0) is 21.5 Å². The topological polar surface area (TPSA) is 99.9 Å². The van der Waals surface area contributed by atoms with Gasteiger partial charge in [0.2, 0.25) is 0 Å². The number of aryl methyl sites for hydroxylation is 1. The number of aliphatic hydroxyl groups excluding tert-OH is 1. The number of anilines is 1. The Balaban J connectivity index is 1.26. The van der Waals surface area contributed by atoms with Crippen LogP contribution in [0.5, 0.6) is 11.5 Å². The highest BCUT2D eigenvalue weighted by molar-refractivity contribution is 5.91. The molecule has 0 aliphatic carbocycles. The monoisotopic (exact) mass is 610 g/mol. The molecule has 0 unspecified atom stereocenters. The van der Waals surface area contributed by atoms with E-state index in [1.807, 2.05) is 85.1 Å². The minimum absolute atomic E-state index is 0.0983. The number of benzene rings is 3. The molecule has 9 nitrogen and oxygen atoms in total. The average Bonchev–Trinajstić information content (AvgIpc) is 3.51. The third-order valence-corrected chi connectivity index (χ3v) is 8.81.